The number of thiophene rings is 1. The van der Waals surface area contributed by atoms with Gasteiger partial charge < -0.3 is 15.1 Å². The van der Waals surface area contributed by atoms with E-state index in [0.29, 0.717) is 23.9 Å². The van der Waals surface area contributed by atoms with Crippen molar-refractivity contribution in [2.45, 2.75) is 13.1 Å². The molecule has 2 aromatic heterocycles. The molecule has 0 fully saturated rings. The van der Waals surface area contributed by atoms with E-state index >= 15 is 0 Å². The van der Waals surface area contributed by atoms with Gasteiger partial charge in [-0.05, 0) is 41.3 Å². The third-order valence-electron chi connectivity index (χ3n) is 3.26. The highest BCUT2D eigenvalue weighted by molar-refractivity contribution is 7.08. The van der Waals surface area contributed by atoms with Crippen molar-refractivity contribution >= 4 is 29.0 Å². The Morgan fingerprint density at radius 2 is 1.83 bits per heavy atom. The van der Waals surface area contributed by atoms with Crippen LogP contribution >= 0.6 is 22.9 Å². The molecular formula is C17H15ClN2O2S. The first-order valence-corrected chi connectivity index (χ1v) is 8.40. The van der Waals surface area contributed by atoms with E-state index in [0.717, 1.165) is 16.9 Å². The zero-order chi connectivity index (χ0) is 16.1. The summed E-state index contributed by atoms with van der Waals surface area (Å²) in [6.07, 6.45) is 0. The second-order valence-corrected chi connectivity index (χ2v) is 6.16. The molecule has 3 rings (SSSR count). The highest BCUT2D eigenvalue weighted by atomic mass is 35.5. The molecule has 0 aliphatic heterocycles. The molecule has 0 aliphatic rings. The first-order chi connectivity index (χ1) is 11.2. The van der Waals surface area contributed by atoms with Crippen LogP contribution in [0, 0.1) is 0 Å². The summed E-state index contributed by atoms with van der Waals surface area (Å²) >= 11 is 7.44. The summed E-state index contributed by atoms with van der Waals surface area (Å²) in [4.78, 5) is 11.8. The van der Waals surface area contributed by atoms with Crippen molar-refractivity contribution in [1.29, 1.82) is 0 Å². The van der Waals surface area contributed by atoms with Gasteiger partial charge in [0.1, 0.15) is 11.5 Å². The van der Waals surface area contributed by atoms with Gasteiger partial charge in [0, 0.05) is 22.5 Å². The van der Waals surface area contributed by atoms with Crippen LogP contribution in [0.4, 0.5) is 4.79 Å². The number of benzene rings is 1. The molecule has 6 heteroatoms. The Balaban J connectivity index is 1.46. The zero-order valence-corrected chi connectivity index (χ0v) is 13.8. The molecule has 0 radical (unpaired) electrons. The molecule has 0 atom stereocenters. The standard InChI is InChI=1S/C17H15ClN2O2S/c18-14-3-1-12(2-4-14)9-19-17(21)20-10-15-5-6-16(22-15)13-7-8-23-11-13/h1-8,11H,9-10H2,(H2,19,20,21). The maximum Gasteiger partial charge on any atom is 0.315 e. The Kier molecular flexibility index (Phi) is 5.00. The van der Waals surface area contributed by atoms with E-state index in [-0.39, 0.29) is 6.03 Å². The summed E-state index contributed by atoms with van der Waals surface area (Å²) in [7, 11) is 0. The Bertz CT molecular complexity index is 766. The lowest BCUT2D eigenvalue weighted by Gasteiger charge is -2.06. The molecule has 1 aromatic carbocycles. The van der Waals surface area contributed by atoms with E-state index in [4.69, 9.17) is 16.0 Å². The summed E-state index contributed by atoms with van der Waals surface area (Å²) in [5, 5.41) is 10.3. The number of halogens is 1. The van der Waals surface area contributed by atoms with Gasteiger partial charge in [-0.1, -0.05) is 23.7 Å². The Hall–Kier alpha value is -2.24. The molecule has 0 bridgehead atoms. The maximum atomic E-state index is 11.8. The van der Waals surface area contributed by atoms with Crippen molar-refractivity contribution in [2.75, 3.05) is 0 Å². The number of urea groups is 1. The predicted octanol–water partition coefficient (Wildman–Crippen LogP) is 4.66. The quantitative estimate of drug-likeness (QED) is 0.705. The molecule has 118 valence electrons. The number of carbonyl (C=O) groups excluding carboxylic acids is 1. The van der Waals surface area contributed by atoms with Gasteiger partial charge in [0.05, 0.1) is 6.54 Å². The number of carbonyl (C=O) groups is 1. The van der Waals surface area contributed by atoms with Crippen LogP contribution in [0.3, 0.4) is 0 Å². The van der Waals surface area contributed by atoms with Crippen molar-refractivity contribution in [3.05, 3.63) is 69.6 Å². The van der Waals surface area contributed by atoms with Crippen LogP contribution in [-0.2, 0) is 13.1 Å². The summed E-state index contributed by atoms with van der Waals surface area (Å²) in [6.45, 7) is 0.790. The van der Waals surface area contributed by atoms with Gasteiger partial charge in [0.25, 0.3) is 0 Å². The summed E-state index contributed by atoms with van der Waals surface area (Å²) in [5.74, 6) is 1.53. The van der Waals surface area contributed by atoms with Crippen LogP contribution in [0.15, 0.2) is 57.6 Å². The molecule has 0 spiro atoms. The van der Waals surface area contributed by atoms with E-state index < -0.39 is 0 Å². The first kappa shape index (κ1) is 15.6. The Morgan fingerprint density at radius 1 is 1.04 bits per heavy atom. The van der Waals surface area contributed by atoms with Crippen molar-refractivity contribution in [2.24, 2.45) is 0 Å². The average molecular weight is 347 g/mol. The number of hydrogen-bond donors (Lipinski definition) is 2. The summed E-state index contributed by atoms with van der Waals surface area (Å²) < 4.78 is 5.70. The van der Waals surface area contributed by atoms with Gasteiger partial charge in [0.2, 0.25) is 0 Å². The zero-order valence-electron chi connectivity index (χ0n) is 12.2. The second-order valence-electron chi connectivity index (χ2n) is 4.94. The lowest BCUT2D eigenvalue weighted by molar-refractivity contribution is 0.239. The van der Waals surface area contributed by atoms with Crippen LogP contribution in [-0.4, -0.2) is 6.03 Å². The van der Waals surface area contributed by atoms with Crippen LogP contribution in [0.25, 0.3) is 11.3 Å². The van der Waals surface area contributed by atoms with E-state index in [9.17, 15) is 4.79 Å². The Labute approximate surface area is 143 Å². The van der Waals surface area contributed by atoms with Crippen molar-refractivity contribution in [3.8, 4) is 11.3 Å². The minimum absolute atomic E-state index is 0.242. The number of nitrogens with one attached hydrogen (secondary N) is 2. The monoisotopic (exact) mass is 346 g/mol. The normalized spacial score (nSPS) is 10.5. The Morgan fingerprint density at radius 3 is 2.57 bits per heavy atom. The molecule has 0 saturated carbocycles. The average Bonchev–Trinajstić information content (AvgIpc) is 3.23. The molecule has 2 heterocycles. The minimum Gasteiger partial charge on any atom is -0.459 e. The number of furan rings is 1. The van der Waals surface area contributed by atoms with Crippen LogP contribution in [0.2, 0.25) is 5.02 Å². The fraction of sp³-hybridized carbons (Fsp3) is 0.118. The van der Waals surface area contributed by atoms with Gasteiger partial charge in [-0.15, -0.1) is 0 Å². The van der Waals surface area contributed by atoms with E-state index in [1.165, 1.54) is 0 Å². The smallest absolute Gasteiger partial charge is 0.315 e. The van der Waals surface area contributed by atoms with Gasteiger partial charge in [-0.3, -0.25) is 0 Å². The molecule has 3 aromatic rings. The lowest BCUT2D eigenvalue weighted by Crippen LogP contribution is -2.34. The molecular weight excluding hydrogens is 332 g/mol. The van der Waals surface area contributed by atoms with Crippen LogP contribution in [0.1, 0.15) is 11.3 Å². The van der Waals surface area contributed by atoms with Gasteiger partial charge in [-0.25, -0.2) is 4.79 Å². The fourth-order valence-electron chi connectivity index (χ4n) is 2.05. The third kappa shape index (κ3) is 4.37. The number of rotatable bonds is 5. The number of amides is 2. The van der Waals surface area contributed by atoms with Gasteiger partial charge >= 0.3 is 6.03 Å². The van der Waals surface area contributed by atoms with Crippen LogP contribution in [0.5, 0.6) is 0 Å². The number of hydrogen-bond acceptors (Lipinski definition) is 3. The SMILES string of the molecule is O=C(NCc1ccc(Cl)cc1)NCc1ccc(-c2ccsc2)o1. The lowest BCUT2D eigenvalue weighted by atomic mass is 10.2. The maximum absolute atomic E-state index is 11.8. The van der Waals surface area contributed by atoms with Crippen molar-refractivity contribution in [1.82, 2.24) is 10.6 Å². The molecule has 2 amide bonds. The first-order valence-electron chi connectivity index (χ1n) is 7.08. The molecule has 0 unspecified atom stereocenters. The largest absolute Gasteiger partial charge is 0.459 e. The highest BCUT2D eigenvalue weighted by Crippen LogP contribution is 2.24. The highest BCUT2D eigenvalue weighted by Gasteiger charge is 2.06. The van der Waals surface area contributed by atoms with Crippen molar-refractivity contribution in [3.63, 3.8) is 0 Å². The van der Waals surface area contributed by atoms with Gasteiger partial charge in [0.15, 0.2) is 0 Å². The third-order valence-corrected chi connectivity index (χ3v) is 4.19. The second kappa shape index (κ2) is 7.35. The fourth-order valence-corrected chi connectivity index (χ4v) is 2.82. The van der Waals surface area contributed by atoms with E-state index in [1.807, 2.05) is 41.1 Å². The molecule has 0 aliphatic carbocycles. The van der Waals surface area contributed by atoms with Crippen LogP contribution < -0.4 is 10.6 Å². The minimum atomic E-state index is -0.242. The molecule has 23 heavy (non-hydrogen) atoms. The summed E-state index contributed by atoms with van der Waals surface area (Å²) in [5.41, 5.74) is 2.04. The van der Waals surface area contributed by atoms with E-state index in [2.05, 4.69) is 10.6 Å². The van der Waals surface area contributed by atoms with Gasteiger partial charge in [-0.2, -0.15) is 11.3 Å². The van der Waals surface area contributed by atoms with E-state index in [1.54, 1.807) is 23.5 Å². The molecule has 2 N–H and O–H groups in total. The summed E-state index contributed by atoms with van der Waals surface area (Å²) in [6, 6.07) is 12.9. The molecule has 4 nitrogen and oxygen atoms in total. The molecule has 0 saturated heterocycles. The topological polar surface area (TPSA) is 54.3 Å². The predicted molar refractivity (Wildman–Crippen MR) is 92.5 cm³/mol. The van der Waals surface area contributed by atoms with Crippen molar-refractivity contribution < 1.29 is 9.21 Å².